The summed E-state index contributed by atoms with van der Waals surface area (Å²) in [6, 6.07) is 2.55. The Balaban J connectivity index is 2.75. The summed E-state index contributed by atoms with van der Waals surface area (Å²) in [6.45, 7) is 4.32. The summed E-state index contributed by atoms with van der Waals surface area (Å²) >= 11 is 1.59. The Hall–Kier alpha value is -1.76. The topological polar surface area (TPSA) is 78.4 Å². The van der Waals surface area contributed by atoms with E-state index in [9.17, 15) is 14.0 Å². The summed E-state index contributed by atoms with van der Waals surface area (Å²) in [5.41, 5.74) is -0.234. The predicted molar refractivity (Wildman–Crippen MR) is 78.0 cm³/mol. The van der Waals surface area contributed by atoms with E-state index in [4.69, 9.17) is 5.11 Å². The van der Waals surface area contributed by atoms with Gasteiger partial charge in [-0.1, -0.05) is 0 Å². The number of benzene rings is 1. The van der Waals surface area contributed by atoms with Gasteiger partial charge in [-0.05, 0) is 38.3 Å². The number of amides is 2. The molecule has 0 aliphatic rings. The standard InChI is InChI=1S/C13H17FN2O3S/c1-13(2,20-3)7-15-12(19)16-10-6-8(14)4-5-9(10)11(17)18/h4-6H,7H2,1-3H3,(H,17,18)(H2,15,16,19). The van der Waals surface area contributed by atoms with E-state index in [0.717, 1.165) is 18.2 Å². The van der Waals surface area contributed by atoms with Crippen molar-refractivity contribution in [3.63, 3.8) is 0 Å². The van der Waals surface area contributed by atoms with Crippen LogP contribution in [-0.4, -0.2) is 34.7 Å². The maximum atomic E-state index is 13.1. The molecule has 0 radical (unpaired) electrons. The maximum absolute atomic E-state index is 13.1. The Bertz CT molecular complexity index is 520. The molecular weight excluding hydrogens is 283 g/mol. The van der Waals surface area contributed by atoms with Gasteiger partial charge in [-0.3, -0.25) is 0 Å². The minimum absolute atomic E-state index is 0.0723. The number of anilines is 1. The van der Waals surface area contributed by atoms with E-state index in [1.165, 1.54) is 0 Å². The van der Waals surface area contributed by atoms with E-state index in [1.807, 2.05) is 20.1 Å². The number of carboxylic acids is 1. The van der Waals surface area contributed by atoms with Crippen molar-refractivity contribution in [1.29, 1.82) is 0 Å². The second-order valence-corrected chi connectivity index (χ2v) is 6.28. The number of halogens is 1. The van der Waals surface area contributed by atoms with Crippen LogP contribution in [0.1, 0.15) is 24.2 Å². The van der Waals surface area contributed by atoms with Crippen LogP contribution in [0.2, 0.25) is 0 Å². The van der Waals surface area contributed by atoms with Gasteiger partial charge in [0.05, 0.1) is 11.3 Å². The van der Waals surface area contributed by atoms with Crippen molar-refractivity contribution in [3.8, 4) is 0 Å². The van der Waals surface area contributed by atoms with Crippen LogP contribution < -0.4 is 10.6 Å². The quantitative estimate of drug-likeness (QED) is 0.781. The smallest absolute Gasteiger partial charge is 0.337 e. The molecule has 20 heavy (non-hydrogen) atoms. The first-order chi connectivity index (χ1) is 9.25. The molecule has 0 aliphatic heterocycles. The van der Waals surface area contributed by atoms with Crippen LogP contribution in [0, 0.1) is 5.82 Å². The van der Waals surface area contributed by atoms with Gasteiger partial charge in [0.25, 0.3) is 0 Å². The van der Waals surface area contributed by atoms with Crippen LogP contribution in [0.5, 0.6) is 0 Å². The van der Waals surface area contributed by atoms with Gasteiger partial charge in [-0.25, -0.2) is 14.0 Å². The predicted octanol–water partition coefficient (Wildman–Crippen LogP) is 2.79. The number of rotatable bonds is 5. The summed E-state index contributed by atoms with van der Waals surface area (Å²) < 4.78 is 13.0. The van der Waals surface area contributed by atoms with E-state index < -0.39 is 17.8 Å². The summed E-state index contributed by atoms with van der Waals surface area (Å²) in [5.74, 6) is -1.85. The van der Waals surface area contributed by atoms with E-state index >= 15 is 0 Å². The Morgan fingerprint density at radius 3 is 2.60 bits per heavy atom. The Morgan fingerprint density at radius 2 is 2.05 bits per heavy atom. The average molecular weight is 300 g/mol. The molecule has 0 saturated carbocycles. The second kappa shape index (κ2) is 6.60. The fourth-order valence-electron chi connectivity index (χ4n) is 1.34. The minimum atomic E-state index is -1.23. The molecule has 0 aliphatic carbocycles. The SMILES string of the molecule is CSC(C)(C)CNC(=O)Nc1cc(F)ccc1C(=O)O. The lowest BCUT2D eigenvalue weighted by Gasteiger charge is -2.22. The number of carboxylic acid groups (broad SMARTS) is 1. The molecule has 0 spiro atoms. The fourth-order valence-corrected chi connectivity index (χ4v) is 1.55. The number of hydrogen-bond donors (Lipinski definition) is 3. The Labute approximate surface area is 120 Å². The minimum Gasteiger partial charge on any atom is -0.478 e. The monoisotopic (exact) mass is 300 g/mol. The molecular formula is C13H17FN2O3S. The molecule has 0 unspecified atom stereocenters. The third-order valence-corrected chi connectivity index (χ3v) is 3.94. The fraction of sp³-hybridized carbons (Fsp3) is 0.385. The van der Waals surface area contributed by atoms with E-state index in [2.05, 4.69) is 10.6 Å². The van der Waals surface area contributed by atoms with E-state index in [1.54, 1.807) is 11.8 Å². The van der Waals surface area contributed by atoms with Crippen molar-refractivity contribution < 1.29 is 19.1 Å². The number of carbonyl (C=O) groups is 2. The molecule has 0 saturated heterocycles. The lowest BCUT2D eigenvalue weighted by atomic mass is 10.1. The van der Waals surface area contributed by atoms with Crippen molar-refractivity contribution in [2.45, 2.75) is 18.6 Å². The zero-order valence-electron chi connectivity index (χ0n) is 11.5. The zero-order valence-corrected chi connectivity index (χ0v) is 12.3. The second-order valence-electron chi connectivity index (χ2n) is 4.77. The highest BCUT2D eigenvalue weighted by molar-refractivity contribution is 7.99. The number of hydrogen-bond acceptors (Lipinski definition) is 3. The number of urea groups is 1. The van der Waals surface area contributed by atoms with Gasteiger partial charge in [0.1, 0.15) is 5.82 Å². The lowest BCUT2D eigenvalue weighted by molar-refractivity contribution is 0.0698. The molecule has 7 heteroatoms. The highest BCUT2D eigenvalue weighted by atomic mass is 32.2. The Morgan fingerprint density at radius 1 is 1.40 bits per heavy atom. The van der Waals surface area contributed by atoms with Crippen molar-refractivity contribution >= 4 is 29.4 Å². The molecule has 1 rings (SSSR count). The molecule has 0 heterocycles. The van der Waals surface area contributed by atoms with Crippen LogP contribution in [0.25, 0.3) is 0 Å². The van der Waals surface area contributed by atoms with Crippen molar-refractivity contribution in [2.24, 2.45) is 0 Å². The molecule has 0 fully saturated rings. The molecule has 3 N–H and O–H groups in total. The number of thioether (sulfide) groups is 1. The average Bonchev–Trinajstić information content (AvgIpc) is 2.36. The number of aromatic carboxylic acids is 1. The van der Waals surface area contributed by atoms with Crippen LogP contribution in [-0.2, 0) is 0 Å². The van der Waals surface area contributed by atoms with Crippen LogP contribution in [0.15, 0.2) is 18.2 Å². The molecule has 0 aromatic heterocycles. The first kappa shape index (κ1) is 16.3. The van der Waals surface area contributed by atoms with Gasteiger partial charge < -0.3 is 15.7 Å². The van der Waals surface area contributed by atoms with Gasteiger partial charge in [-0.2, -0.15) is 11.8 Å². The maximum Gasteiger partial charge on any atom is 0.337 e. The van der Waals surface area contributed by atoms with Gasteiger partial charge >= 0.3 is 12.0 Å². The first-order valence-electron chi connectivity index (χ1n) is 5.88. The third-order valence-electron chi connectivity index (χ3n) is 2.69. The first-order valence-corrected chi connectivity index (χ1v) is 7.10. The molecule has 1 aromatic carbocycles. The summed E-state index contributed by atoms with van der Waals surface area (Å²) in [4.78, 5) is 22.7. The van der Waals surface area contributed by atoms with E-state index in [-0.39, 0.29) is 16.0 Å². The van der Waals surface area contributed by atoms with E-state index in [0.29, 0.717) is 6.54 Å². The third kappa shape index (κ3) is 4.73. The molecule has 0 atom stereocenters. The molecule has 0 bridgehead atoms. The lowest BCUT2D eigenvalue weighted by Crippen LogP contribution is -2.38. The van der Waals surface area contributed by atoms with Gasteiger partial charge in [0.2, 0.25) is 0 Å². The Kier molecular flexibility index (Phi) is 5.38. The molecule has 5 nitrogen and oxygen atoms in total. The summed E-state index contributed by atoms with van der Waals surface area (Å²) in [7, 11) is 0. The van der Waals surface area contributed by atoms with Crippen LogP contribution >= 0.6 is 11.8 Å². The highest BCUT2D eigenvalue weighted by Crippen LogP contribution is 2.20. The zero-order chi connectivity index (χ0) is 15.3. The molecule has 1 aromatic rings. The van der Waals surface area contributed by atoms with Crippen molar-refractivity contribution in [2.75, 3.05) is 18.1 Å². The summed E-state index contributed by atoms with van der Waals surface area (Å²) in [6.07, 6.45) is 1.93. The van der Waals surface area contributed by atoms with Crippen LogP contribution in [0.3, 0.4) is 0 Å². The summed E-state index contributed by atoms with van der Waals surface area (Å²) in [5, 5.41) is 13.9. The van der Waals surface area contributed by atoms with Crippen molar-refractivity contribution in [1.82, 2.24) is 5.32 Å². The van der Waals surface area contributed by atoms with Gasteiger partial charge in [0.15, 0.2) is 0 Å². The molecule has 110 valence electrons. The van der Waals surface area contributed by atoms with Gasteiger partial charge in [0, 0.05) is 11.3 Å². The normalized spacial score (nSPS) is 11.0. The van der Waals surface area contributed by atoms with Crippen molar-refractivity contribution in [3.05, 3.63) is 29.6 Å². The number of carbonyl (C=O) groups excluding carboxylic acids is 1. The number of nitrogens with one attached hydrogen (secondary N) is 2. The molecule has 2 amide bonds. The highest BCUT2D eigenvalue weighted by Gasteiger charge is 2.18. The van der Waals surface area contributed by atoms with Crippen LogP contribution in [0.4, 0.5) is 14.9 Å². The van der Waals surface area contributed by atoms with Gasteiger partial charge in [-0.15, -0.1) is 0 Å². The largest absolute Gasteiger partial charge is 0.478 e.